The number of hydrogen-bond acceptors (Lipinski definition) is 1. The van der Waals surface area contributed by atoms with Gasteiger partial charge in [0.15, 0.2) is 0 Å². The lowest BCUT2D eigenvalue weighted by Crippen LogP contribution is -2.41. The molecule has 1 nitrogen and oxygen atoms in total. The number of halogens is 2. The minimum Gasteiger partial charge on any atom is -0.327 e. The summed E-state index contributed by atoms with van der Waals surface area (Å²) in [7, 11) is 0. The van der Waals surface area contributed by atoms with Crippen molar-refractivity contribution in [3.05, 3.63) is 33.8 Å². The summed E-state index contributed by atoms with van der Waals surface area (Å²) in [6.07, 6.45) is 4.61. The summed E-state index contributed by atoms with van der Waals surface area (Å²) < 4.78 is 0. The van der Waals surface area contributed by atoms with Crippen molar-refractivity contribution >= 4 is 23.2 Å². The zero-order valence-electron chi connectivity index (χ0n) is 9.47. The highest BCUT2D eigenvalue weighted by Crippen LogP contribution is 2.48. The third-order valence-corrected chi connectivity index (χ3v) is 4.46. The Morgan fingerprint density at radius 3 is 2.12 bits per heavy atom. The lowest BCUT2D eigenvalue weighted by atomic mass is 9.73. The van der Waals surface area contributed by atoms with E-state index in [0.29, 0.717) is 0 Å². The van der Waals surface area contributed by atoms with Crippen LogP contribution in [-0.4, -0.2) is 6.04 Å². The van der Waals surface area contributed by atoms with Gasteiger partial charge in [-0.15, -0.1) is 0 Å². The molecule has 0 saturated heterocycles. The second kappa shape index (κ2) is 4.56. The van der Waals surface area contributed by atoms with E-state index in [0.717, 1.165) is 28.5 Å². The fourth-order valence-corrected chi connectivity index (χ4v) is 3.69. The summed E-state index contributed by atoms with van der Waals surface area (Å²) in [6, 6.07) is 5.79. The van der Waals surface area contributed by atoms with E-state index in [-0.39, 0.29) is 11.5 Å². The van der Waals surface area contributed by atoms with Crippen LogP contribution in [0.3, 0.4) is 0 Å². The minimum atomic E-state index is -0.0184. The molecule has 0 heterocycles. The monoisotopic (exact) mass is 257 g/mol. The normalized spacial score (nSPS) is 21.0. The first kappa shape index (κ1) is 12.2. The van der Waals surface area contributed by atoms with E-state index in [9.17, 15) is 0 Å². The third-order valence-electron chi connectivity index (χ3n) is 3.83. The first-order valence-electron chi connectivity index (χ1n) is 5.78. The minimum absolute atomic E-state index is 0.0184. The molecule has 16 heavy (non-hydrogen) atoms. The predicted molar refractivity (Wildman–Crippen MR) is 70.3 cm³/mol. The van der Waals surface area contributed by atoms with Crippen molar-refractivity contribution in [3.8, 4) is 0 Å². The molecular weight excluding hydrogens is 241 g/mol. The first-order valence-corrected chi connectivity index (χ1v) is 6.53. The van der Waals surface area contributed by atoms with Crippen LogP contribution >= 0.6 is 23.2 Å². The van der Waals surface area contributed by atoms with Gasteiger partial charge in [-0.3, -0.25) is 0 Å². The van der Waals surface area contributed by atoms with Crippen molar-refractivity contribution in [2.24, 2.45) is 5.73 Å². The van der Waals surface area contributed by atoms with Gasteiger partial charge in [0.2, 0.25) is 0 Å². The molecule has 1 aromatic rings. The topological polar surface area (TPSA) is 26.0 Å². The average Bonchev–Trinajstić information content (AvgIpc) is 2.67. The third kappa shape index (κ3) is 1.85. The quantitative estimate of drug-likeness (QED) is 0.847. The Balaban J connectivity index is 2.55. The number of benzene rings is 1. The van der Waals surface area contributed by atoms with E-state index in [4.69, 9.17) is 28.9 Å². The maximum atomic E-state index is 6.30. The van der Waals surface area contributed by atoms with Gasteiger partial charge >= 0.3 is 0 Å². The average molecular weight is 258 g/mol. The zero-order valence-corrected chi connectivity index (χ0v) is 11.0. The Kier molecular flexibility index (Phi) is 3.48. The predicted octanol–water partition coefficient (Wildman–Crippen LogP) is 4.15. The first-order chi connectivity index (χ1) is 7.58. The van der Waals surface area contributed by atoms with Crippen LogP contribution in [0.25, 0.3) is 0 Å². The van der Waals surface area contributed by atoms with Gasteiger partial charge in [-0.05, 0) is 37.5 Å². The maximum absolute atomic E-state index is 6.30. The van der Waals surface area contributed by atoms with Gasteiger partial charge in [0.1, 0.15) is 0 Å². The summed E-state index contributed by atoms with van der Waals surface area (Å²) >= 11 is 12.6. The summed E-state index contributed by atoms with van der Waals surface area (Å²) in [5, 5.41) is 1.51. The van der Waals surface area contributed by atoms with Gasteiger partial charge in [-0.25, -0.2) is 0 Å². The van der Waals surface area contributed by atoms with Crippen molar-refractivity contribution < 1.29 is 0 Å². The van der Waals surface area contributed by atoms with Gasteiger partial charge < -0.3 is 5.73 Å². The lowest BCUT2D eigenvalue weighted by molar-refractivity contribution is 0.369. The number of nitrogens with two attached hydrogens (primary N) is 1. The Bertz CT molecular complexity index is 361. The maximum Gasteiger partial charge on any atom is 0.0459 e. The molecule has 0 bridgehead atoms. The highest BCUT2D eigenvalue weighted by atomic mass is 35.5. The standard InChI is InChI=1S/C13H17Cl2N/c1-9(16)13(7-2-3-8-13)12-10(14)5-4-6-11(12)15/h4-6,9H,2-3,7-8,16H2,1H3. The summed E-state index contributed by atoms with van der Waals surface area (Å²) in [5.74, 6) is 0. The summed E-state index contributed by atoms with van der Waals surface area (Å²) in [6.45, 7) is 2.06. The highest BCUT2D eigenvalue weighted by molar-refractivity contribution is 6.36. The van der Waals surface area contributed by atoms with E-state index < -0.39 is 0 Å². The molecule has 1 atom stereocenters. The summed E-state index contributed by atoms with van der Waals surface area (Å²) in [4.78, 5) is 0. The zero-order chi connectivity index (χ0) is 11.8. The second-order valence-electron chi connectivity index (χ2n) is 4.75. The molecule has 0 aromatic heterocycles. The molecule has 2 N–H and O–H groups in total. The molecule has 0 radical (unpaired) electrons. The fourth-order valence-electron chi connectivity index (χ4n) is 2.91. The molecule has 1 aromatic carbocycles. The Hall–Kier alpha value is -0.240. The molecule has 1 aliphatic carbocycles. The van der Waals surface area contributed by atoms with Crippen LogP contribution in [0.5, 0.6) is 0 Å². The van der Waals surface area contributed by atoms with E-state index >= 15 is 0 Å². The van der Waals surface area contributed by atoms with Gasteiger partial charge in [-0.1, -0.05) is 42.1 Å². The van der Waals surface area contributed by atoms with Gasteiger partial charge in [0.25, 0.3) is 0 Å². The summed E-state index contributed by atoms with van der Waals surface area (Å²) in [5.41, 5.74) is 7.23. The van der Waals surface area contributed by atoms with E-state index in [1.165, 1.54) is 12.8 Å². The molecule has 1 saturated carbocycles. The Morgan fingerprint density at radius 2 is 1.69 bits per heavy atom. The van der Waals surface area contributed by atoms with Crippen LogP contribution in [-0.2, 0) is 5.41 Å². The molecule has 88 valence electrons. The number of hydrogen-bond donors (Lipinski definition) is 1. The molecular formula is C13H17Cl2N. The van der Waals surface area contributed by atoms with Crippen LogP contribution in [0.1, 0.15) is 38.2 Å². The highest BCUT2D eigenvalue weighted by Gasteiger charge is 2.41. The van der Waals surface area contributed by atoms with Crippen LogP contribution in [0.4, 0.5) is 0 Å². The van der Waals surface area contributed by atoms with Crippen LogP contribution in [0.2, 0.25) is 10.0 Å². The molecule has 0 aliphatic heterocycles. The van der Waals surface area contributed by atoms with Crippen molar-refractivity contribution in [1.29, 1.82) is 0 Å². The molecule has 1 unspecified atom stereocenters. The Labute approximate surface area is 107 Å². The second-order valence-corrected chi connectivity index (χ2v) is 5.56. The lowest BCUT2D eigenvalue weighted by Gasteiger charge is -2.35. The molecule has 2 rings (SSSR count). The van der Waals surface area contributed by atoms with Crippen molar-refractivity contribution in [1.82, 2.24) is 0 Å². The van der Waals surface area contributed by atoms with Gasteiger partial charge in [0.05, 0.1) is 0 Å². The van der Waals surface area contributed by atoms with Crippen molar-refractivity contribution in [2.45, 2.75) is 44.1 Å². The van der Waals surface area contributed by atoms with E-state index in [2.05, 4.69) is 6.92 Å². The van der Waals surface area contributed by atoms with Crippen molar-refractivity contribution in [3.63, 3.8) is 0 Å². The van der Waals surface area contributed by atoms with Gasteiger partial charge in [-0.2, -0.15) is 0 Å². The molecule has 1 fully saturated rings. The Morgan fingerprint density at radius 1 is 1.19 bits per heavy atom. The van der Waals surface area contributed by atoms with E-state index in [1.807, 2.05) is 18.2 Å². The fraction of sp³-hybridized carbons (Fsp3) is 0.538. The molecule has 0 spiro atoms. The molecule has 1 aliphatic rings. The SMILES string of the molecule is CC(N)C1(c2c(Cl)cccc2Cl)CCCC1. The van der Waals surface area contributed by atoms with Crippen LogP contribution in [0, 0.1) is 0 Å². The molecule has 3 heteroatoms. The number of rotatable bonds is 2. The van der Waals surface area contributed by atoms with Crippen LogP contribution < -0.4 is 5.73 Å². The van der Waals surface area contributed by atoms with Crippen LogP contribution in [0.15, 0.2) is 18.2 Å². The largest absolute Gasteiger partial charge is 0.327 e. The van der Waals surface area contributed by atoms with Crippen molar-refractivity contribution in [2.75, 3.05) is 0 Å². The molecule has 0 amide bonds. The van der Waals surface area contributed by atoms with Gasteiger partial charge in [0, 0.05) is 21.5 Å². The smallest absolute Gasteiger partial charge is 0.0459 e. The van der Waals surface area contributed by atoms with E-state index in [1.54, 1.807) is 0 Å².